The second-order valence-electron chi connectivity index (χ2n) is 7.54. The second kappa shape index (κ2) is 6.28. The minimum Gasteiger partial charge on any atom is -0.282 e. The maximum absolute atomic E-state index is 9.28. The monoisotopic (exact) mass is 383 g/mol. The van der Waals surface area contributed by atoms with Gasteiger partial charge in [-0.3, -0.25) is 9.78 Å². The van der Waals surface area contributed by atoms with Crippen molar-refractivity contribution >= 4 is 5.52 Å². The summed E-state index contributed by atoms with van der Waals surface area (Å²) in [5, 5.41) is 34.6. The van der Waals surface area contributed by atoms with Crippen molar-refractivity contribution in [1.29, 1.82) is 10.5 Å². The summed E-state index contributed by atoms with van der Waals surface area (Å²) in [5.41, 5.74) is 4.42. The molecule has 4 heterocycles. The van der Waals surface area contributed by atoms with E-state index in [9.17, 15) is 5.26 Å². The number of aryl methyl sites for hydroxylation is 1. The smallest absolute Gasteiger partial charge is 0.112 e. The minimum atomic E-state index is -0.416. The molecule has 0 unspecified atom stereocenters. The number of hydrogen-bond acceptors (Lipinski definition) is 6. The molecule has 29 heavy (non-hydrogen) atoms. The molecule has 0 amide bonds. The summed E-state index contributed by atoms with van der Waals surface area (Å²) in [5.74, 6) is -0.0260. The van der Waals surface area contributed by atoms with E-state index in [1.165, 1.54) is 0 Å². The van der Waals surface area contributed by atoms with Crippen LogP contribution in [0.4, 0.5) is 0 Å². The van der Waals surface area contributed by atoms with Crippen LogP contribution in [0.1, 0.15) is 25.0 Å². The van der Waals surface area contributed by atoms with Crippen molar-refractivity contribution in [1.82, 2.24) is 34.6 Å². The number of aromatic amines is 1. The fraction of sp³-hybridized carbons (Fsp3) is 0.300. The molecule has 4 aromatic rings. The summed E-state index contributed by atoms with van der Waals surface area (Å²) in [6, 6.07) is 8.37. The van der Waals surface area contributed by atoms with E-state index >= 15 is 0 Å². The molecule has 9 nitrogen and oxygen atoms in total. The van der Waals surface area contributed by atoms with Crippen LogP contribution in [0, 0.1) is 35.5 Å². The van der Waals surface area contributed by atoms with Gasteiger partial charge in [0.05, 0.1) is 59.8 Å². The van der Waals surface area contributed by atoms with E-state index in [-0.39, 0.29) is 5.92 Å². The minimum absolute atomic E-state index is 0.0260. The van der Waals surface area contributed by atoms with Crippen molar-refractivity contribution in [2.75, 3.05) is 0 Å². The van der Waals surface area contributed by atoms with Crippen molar-refractivity contribution in [2.45, 2.75) is 31.7 Å². The molecular formula is C20H17N9. The van der Waals surface area contributed by atoms with E-state index in [1.54, 1.807) is 16.9 Å². The molecule has 0 aliphatic heterocycles. The lowest BCUT2D eigenvalue weighted by Crippen LogP contribution is -2.46. The highest BCUT2D eigenvalue weighted by Gasteiger charge is 2.46. The molecule has 1 N–H and O–H groups in total. The van der Waals surface area contributed by atoms with Crippen LogP contribution in [0.25, 0.3) is 28.2 Å². The quantitative estimate of drug-likeness (QED) is 0.578. The molecule has 0 atom stereocenters. The number of H-pyrrole nitrogens is 1. The number of nitrogens with one attached hydrogen (secondary N) is 1. The van der Waals surface area contributed by atoms with E-state index in [4.69, 9.17) is 10.2 Å². The lowest BCUT2D eigenvalue weighted by atomic mass is 9.67. The van der Waals surface area contributed by atoms with Gasteiger partial charge in [0, 0.05) is 17.5 Å². The first-order valence-electron chi connectivity index (χ1n) is 9.31. The molecule has 1 aliphatic carbocycles. The van der Waals surface area contributed by atoms with E-state index in [1.807, 2.05) is 36.1 Å². The molecule has 0 spiro atoms. The highest BCUT2D eigenvalue weighted by Crippen LogP contribution is 2.46. The second-order valence-corrected chi connectivity index (χ2v) is 7.54. The Balaban J connectivity index is 1.59. The Morgan fingerprint density at radius 3 is 2.83 bits per heavy atom. The summed E-state index contributed by atoms with van der Waals surface area (Å²) in [7, 11) is 0. The molecule has 1 saturated carbocycles. The number of nitrogens with zero attached hydrogens (tertiary/aromatic N) is 8. The Morgan fingerprint density at radius 1 is 1.24 bits per heavy atom. The van der Waals surface area contributed by atoms with Gasteiger partial charge in [0.15, 0.2) is 0 Å². The van der Waals surface area contributed by atoms with Crippen LogP contribution in [-0.2, 0) is 5.54 Å². The lowest BCUT2D eigenvalue weighted by Gasteiger charge is -2.43. The summed E-state index contributed by atoms with van der Waals surface area (Å²) in [4.78, 5) is 4.83. The molecule has 5 rings (SSSR count). The molecule has 142 valence electrons. The molecule has 1 fully saturated rings. The van der Waals surface area contributed by atoms with Gasteiger partial charge < -0.3 is 0 Å². The van der Waals surface area contributed by atoms with E-state index < -0.39 is 5.54 Å². The largest absolute Gasteiger partial charge is 0.282 e. The van der Waals surface area contributed by atoms with Crippen molar-refractivity contribution in [3.8, 4) is 34.8 Å². The van der Waals surface area contributed by atoms with Crippen LogP contribution in [0.5, 0.6) is 0 Å². The first kappa shape index (κ1) is 17.1. The predicted octanol–water partition coefficient (Wildman–Crippen LogP) is 2.83. The third kappa shape index (κ3) is 2.67. The normalized spacial score (nSPS) is 20.9. The van der Waals surface area contributed by atoms with Crippen LogP contribution >= 0.6 is 0 Å². The van der Waals surface area contributed by atoms with E-state index in [2.05, 4.69) is 32.5 Å². The first-order chi connectivity index (χ1) is 14.1. The van der Waals surface area contributed by atoms with Gasteiger partial charge in [-0.15, -0.1) is 0 Å². The zero-order valence-corrected chi connectivity index (χ0v) is 15.7. The van der Waals surface area contributed by atoms with Crippen LogP contribution in [0.15, 0.2) is 36.9 Å². The van der Waals surface area contributed by atoms with E-state index in [0.717, 1.165) is 28.2 Å². The van der Waals surface area contributed by atoms with Gasteiger partial charge >= 0.3 is 0 Å². The van der Waals surface area contributed by atoms with Gasteiger partial charge in [0.1, 0.15) is 11.4 Å². The fourth-order valence-corrected chi connectivity index (χ4v) is 4.03. The molecular weight excluding hydrogens is 366 g/mol. The summed E-state index contributed by atoms with van der Waals surface area (Å²) >= 11 is 0. The van der Waals surface area contributed by atoms with Crippen LogP contribution < -0.4 is 0 Å². The summed E-state index contributed by atoms with van der Waals surface area (Å²) in [6.07, 6.45) is 8.85. The highest BCUT2D eigenvalue weighted by molar-refractivity contribution is 5.77. The zero-order valence-electron chi connectivity index (χ0n) is 15.7. The lowest BCUT2D eigenvalue weighted by molar-refractivity contribution is 0.0882. The van der Waals surface area contributed by atoms with Crippen LogP contribution in [0.2, 0.25) is 0 Å². The van der Waals surface area contributed by atoms with Gasteiger partial charge in [0.2, 0.25) is 0 Å². The Hall–Kier alpha value is -3.98. The van der Waals surface area contributed by atoms with Crippen molar-refractivity contribution in [3.05, 3.63) is 42.6 Å². The Bertz CT molecular complexity index is 1290. The van der Waals surface area contributed by atoms with Gasteiger partial charge in [-0.1, -0.05) is 0 Å². The average Bonchev–Trinajstić information content (AvgIpc) is 3.43. The molecule has 9 heteroatoms. The van der Waals surface area contributed by atoms with Crippen LogP contribution in [0.3, 0.4) is 0 Å². The Labute approximate surface area is 166 Å². The van der Waals surface area contributed by atoms with Crippen molar-refractivity contribution in [2.24, 2.45) is 5.92 Å². The zero-order chi connectivity index (χ0) is 20.0. The fourth-order valence-electron chi connectivity index (χ4n) is 4.03. The number of hydrogen-bond donors (Lipinski definition) is 1. The number of rotatable bonds is 4. The molecule has 0 bridgehead atoms. The average molecular weight is 383 g/mol. The molecule has 0 radical (unpaired) electrons. The molecule has 0 aromatic carbocycles. The Morgan fingerprint density at radius 2 is 2.10 bits per heavy atom. The van der Waals surface area contributed by atoms with Gasteiger partial charge in [-0.25, -0.2) is 9.50 Å². The van der Waals surface area contributed by atoms with Crippen molar-refractivity contribution in [3.63, 3.8) is 0 Å². The number of aromatic nitrogens is 7. The molecule has 4 aromatic heterocycles. The molecule has 0 saturated heterocycles. The number of nitriles is 2. The maximum atomic E-state index is 9.28. The Kier molecular flexibility index (Phi) is 3.71. The van der Waals surface area contributed by atoms with E-state index in [0.29, 0.717) is 25.0 Å². The predicted molar refractivity (Wildman–Crippen MR) is 103 cm³/mol. The topological polar surface area (TPSA) is 124 Å². The first-order valence-corrected chi connectivity index (χ1v) is 9.31. The summed E-state index contributed by atoms with van der Waals surface area (Å²) < 4.78 is 3.61. The van der Waals surface area contributed by atoms with Gasteiger partial charge in [0.25, 0.3) is 0 Å². The SMILES string of the molecule is Cc1cc(-c2cn3nccc3c(-c3cnn(C4(CC#N)CC(C#N)C4)c3)n2)n[nH]1. The third-order valence-electron chi connectivity index (χ3n) is 5.54. The standard InChI is InChI=1S/C20H17N9/c1-13-6-16(27-26-13)17-12-28-18(2-5-23-28)19(25-17)15-10-24-29(11-15)20(3-4-21)7-14(8-20)9-22/h2,5-6,10-12,14H,3,7-8H2,1H3,(H,26,27). The third-order valence-corrected chi connectivity index (χ3v) is 5.54. The number of fused-ring (bicyclic) bond motifs is 1. The van der Waals surface area contributed by atoms with Crippen molar-refractivity contribution < 1.29 is 0 Å². The van der Waals surface area contributed by atoms with Gasteiger partial charge in [-0.05, 0) is 31.9 Å². The summed E-state index contributed by atoms with van der Waals surface area (Å²) in [6.45, 7) is 1.94. The highest BCUT2D eigenvalue weighted by atomic mass is 15.3. The maximum Gasteiger partial charge on any atom is 0.112 e. The van der Waals surface area contributed by atoms with Gasteiger partial charge in [-0.2, -0.15) is 25.8 Å². The van der Waals surface area contributed by atoms with Crippen LogP contribution in [-0.4, -0.2) is 34.6 Å². The molecule has 1 aliphatic rings.